The van der Waals surface area contributed by atoms with E-state index in [0.29, 0.717) is 19.3 Å². The van der Waals surface area contributed by atoms with Crippen molar-refractivity contribution in [2.75, 3.05) is 13.2 Å². The SMILES string of the molecule is CCCCCCCCCCCCCCCCCCCCCCCCCC(=O)OCC(COC(=O)CCCCCCCCCCCCCCCC)OC(=O)CCCCCCCCCCCCCCCCCCCCCCC. The topological polar surface area (TPSA) is 78.9 Å². The van der Waals surface area contributed by atoms with E-state index in [4.69, 9.17) is 14.2 Å². The summed E-state index contributed by atoms with van der Waals surface area (Å²) >= 11 is 0. The molecule has 6 heteroatoms. The van der Waals surface area contributed by atoms with E-state index < -0.39 is 6.10 Å². The molecule has 0 aliphatic rings. The average molecular weight is 1070 g/mol. The van der Waals surface area contributed by atoms with Crippen molar-refractivity contribution in [1.29, 1.82) is 0 Å². The van der Waals surface area contributed by atoms with Gasteiger partial charge in [0, 0.05) is 19.3 Å². The molecule has 0 aromatic carbocycles. The Kier molecular flexibility index (Phi) is 64.5. The molecule has 6 nitrogen and oxygen atoms in total. The standard InChI is InChI=1S/C70H136O6/c1-4-7-10-13-16-19-22-25-28-30-32-34-35-37-38-40-42-45-48-51-54-57-60-63-69(72)75-66-67(65-74-68(71)62-59-56-53-50-47-44-27-24-21-18-15-12-9-6-3)76-70(73)64-61-58-55-52-49-46-43-41-39-36-33-31-29-26-23-20-17-14-11-8-5-2/h67H,4-66H2,1-3H3. The maximum absolute atomic E-state index is 12.9. The van der Waals surface area contributed by atoms with Crippen LogP contribution >= 0.6 is 0 Å². The van der Waals surface area contributed by atoms with Crippen molar-refractivity contribution in [2.45, 2.75) is 419 Å². The molecule has 0 aliphatic carbocycles. The monoisotopic (exact) mass is 1070 g/mol. The molecule has 0 bridgehead atoms. The van der Waals surface area contributed by atoms with Gasteiger partial charge in [0.25, 0.3) is 0 Å². The van der Waals surface area contributed by atoms with Crippen LogP contribution < -0.4 is 0 Å². The Labute approximate surface area is 476 Å². The molecule has 452 valence electrons. The van der Waals surface area contributed by atoms with E-state index in [1.807, 2.05) is 0 Å². The normalized spacial score (nSPS) is 11.9. The van der Waals surface area contributed by atoms with E-state index in [1.165, 1.54) is 315 Å². The van der Waals surface area contributed by atoms with E-state index in [0.717, 1.165) is 57.8 Å². The minimum atomic E-state index is -0.763. The largest absolute Gasteiger partial charge is 0.462 e. The fourth-order valence-corrected chi connectivity index (χ4v) is 11.1. The Balaban J connectivity index is 4.22. The van der Waals surface area contributed by atoms with Gasteiger partial charge in [0.05, 0.1) is 0 Å². The Morgan fingerprint density at radius 3 is 0.526 bits per heavy atom. The van der Waals surface area contributed by atoms with Crippen LogP contribution in [-0.4, -0.2) is 37.2 Å². The third-order valence-corrected chi connectivity index (χ3v) is 16.4. The summed E-state index contributed by atoms with van der Waals surface area (Å²) < 4.78 is 17.0. The molecule has 1 atom stereocenters. The fraction of sp³-hybridized carbons (Fsp3) is 0.957. The van der Waals surface area contributed by atoms with Gasteiger partial charge in [-0.15, -0.1) is 0 Å². The highest BCUT2D eigenvalue weighted by Gasteiger charge is 2.19. The first-order valence-electron chi connectivity index (χ1n) is 35.0. The second-order valence-corrected chi connectivity index (χ2v) is 24.2. The van der Waals surface area contributed by atoms with Crippen molar-refractivity contribution >= 4 is 17.9 Å². The zero-order valence-corrected chi connectivity index (χ0v) is 52.1. The number of carbonyl (C=O) groups is 3. The van der Waals surface area contributed by atoms with Crippen LogP contribution in [0.4, 0.5) is 0 Å². The summed E-state index contributed by atoms with van der Waals surface area (Å²) in [5.41, 5.74) is 0. The van der Waals surface area contributed by atoms with Crippen molar-refractivity contribution in [3.8, 4) is 0 Å². The molecule has 0 rings (SSSR count). The maximum atomic E-state index is 12.9. The minimum Gasteiger partial charge on any atom is -0.462 e. The summed E-state index contributed by atoms with van der Waals surface area (Å²) in [7, 11) is 0. The zero-order chi connectivity index (χ0) is 55.0. The maximum Gasteiger partial charge on any atom is 0.306 e. The molecule has 0 N–H and O–H groups in total. The number of unbranched alkanes of at least 4 members (excludes halogenated alkanes) is 55. The van der Waals surface area contributed by atoms with Gasteiger partial charge in [-0.1, -0.05) is 374 Å². The summed E-state index contributed by atoms with van der Waals surface area (Å²) in [4.78, 5) is 38.4. The number of ether oxygens (including phenoxy) is 3. The highest BCUT2D eigenvalue weighted by molar-refractivity contribution is 5.71. The third-order valence-electron chi connectivity index (χ3n) is 16.4. The van der Waals surface area contributed by atoms with Crippen LogP contribution in [0.5, 0.6) is 0 Å². The van der Waals surface area contributed by atoms with Crippen LogP contribution in [0, 0.1) is 0 Å². The predicted molar refractivity (Wildman–Crippen MR) is 330 cm³/mol. The lowest BCUT2D eigenvalue weighted by Gasteiger charge is -2.18. The van der Waals surface area contributed by atoms with E-state index in [2.05, 4.69) is 20.8 Å². The van der Waals surface area contributed by atoms with E-state index in [9.17, 15) is 14.4 Å². The molecule has 0 saturated carbocycles. The van der Waals surface area contributed by atoms with Crippen LogP contribution in [-0.2, 0) is 28.6 Å². The van der Waals surface area contributed by atoms with Crippen LogP contribution in [0.2, 0.25) is 0 Å². The average Bonchev–Trinajstić information content (AvgIpc) is 3.42. The van der Waals surface area contributed by atoms with Gasteiger partial charge < -0.3 is 14.2 Å². The van der Waals surface area contributed by atoms with Gasteiger partial charge in [-0.05, 0) is 19.3 Å². The van der Waals surface area contributed by atoms with Gasteiger partial charge in [-0.3, -0.25) is 14.4 Å². The molecule has 0 aliphatic heterocycles. The van der Waals surface area contributed by atoms with E-state index in [1.54, 1.807) is 0 Å². The van der Waals surface area contributed by atoms with Crippen molar-refractivity contribution in [2.24, 2.45) is 0 Å². The molecule has 0 heterocycles. The number of carbonyl (C=O) groups excluding carboxylic acids is 3. The molecule has 0 fully saturated rings. The molecule has 0 saturated heterocycles. The number of rotatable bonds is 66. The van der Waals surface area contributed by atoms with Crippen molar-refractivity contribution < 1.29 is 28.6 Å². The lowest BCUT2D eigenvalue weighted by Crippen LogP contribution is -2.30. The summed E-state index contributed by atoms with van der Waals surface area (Å²) in [6, 6.07) is 0. The number of esters is 3. The molecule has 0 aromatic heterocycles. The van der Waals surface area contributed by atoms with Crippen molar-refractivity contribution in [3.05, 3.63) is 0 Å². The summed E-state index contributed by atoms with van der Waals surface area (Å²) in [6.07, 6.45) is 77.0. The van der Waals surface area contributed by atoms with Crippen LogP contribution in [0.15, 0.2) is 0 Å². The first kappa shape index (κ1) is 74.4. The van der Waals surface area contributed by atoms with Crippen LogP contribution in [0.25, 0.3) is 0 Å². The van der Waals surface area contributed by atoms with Gasteiger partial charge in [0.2, 0.25) is 0 Å². The van der Waals surface area contributed by atoms with E-state index in [-0.39, 0.29) is 31.1 Å². The molecule has 0 spiro atoms. The van der Waals surface area contributed by atoms with Gasteiger partial charge in [-0.2, -0.15) is 0 Å². The molecule has 0 radical (unpaired) electrons. The van der Waals surface area contributed by atoms with Crippen LogP contribution in [0.1, 0.15) is 412 Å². The third kappa shape index (κ3) is 63.2. The molecule has 0 aromatic rings. The summed E-state index contributed by atoms with van der Waals surface area (Å²) in [5.74, 6) is -0.819. The molecule has 1 unspecified atom stereocenters. The Morgan fingerprint density at radius 1 is 0.211 bits per heavy atom. The van der Waals surface area contributed by atoms with Crippen LogP contribution in [0.3, 0.4) is 0 Å². The minimum absolute atomic E-state index is 0.0601. The van der Waals surface area contributed by atoms with Gasteiger partial charge in [0.1, 0.15) is 13.2 Å². The quantitative estimate of drug-likeness (QED) is 0.0343. The lowest BCUT2D eigenvalue weighted by atomic mass is 10.0. The summed E-state index contributed by atoms with van der Waals surface area (Å²) in [6.45, 7) is 6.74. The first-order valence-corrected chi connectivity index (χ1v) is 35.0. The highest BCUT2D eigenvalue weighted by Crippen LogP contribution is 2.19. The van der Waals surface area contributed by atoms with Gasteiger partial charge in [0.15, 0.2) is 6.10 Å². The second kappa shape index (κ2) is 65.9. The van der Waals surface area contributed by atoms with Gasteiger partial charge in [-0.25, -0.2) is 0 Å². The highest BCUT2D eigenvalue weighted by atomic mass is 16.6. The molecular formula is C70H136O6. The summed E-state index contributed by atoms with van der Waals surface area (Å²) in [5, 5.41) is 0. The Bertz CT molecular complexity index is 1140. The zero-order valence-electron chi connectivity index (χ0n) is 52.1. The number of hydrogen-bond donors (Lipinski definition) is 0. The smallest absolute Gasteiger partial charge is 0.306 e. The first-order chi connectivity index (χ1) is 37.5. The molecule has 0 amide bonds. The Hall–Kier alpha value is -1.59. The lowest BCUT2D eigenvalue weighted by molar-refractivity contribution is -0.167. The van der Waals surface area contributed by atoms with Gasteiger partial charge >= 0.3 is 17.9 Å². The fourth-order valence-electron chi connectivity index (χ4n) is 11.1. The second-order valence-electron chi connectivity index (χ2n) is 24.2. The van der Waals surface area contributed by atoms with Crippen molar-refractivity contribution in [3.63, 3.8) is 0 Å². The van der Waals surface area contributed by atoms with E-state index >= 15 is 0 Å². The Morgan fingerprint density at radius 2 is 0.355 bits per heavy atom. The number of hydrogen-bond acceptors (Lipinski definition) is 6. The van der Waals surface area contributed by atoms with Crippen molar-refractivity contribution in [1.82, 2.24) is 0 Å². The molecular weight excluding hydrogens is 937 g/mol. The predicted octanol–water partition coefficient (Wildman–Crippen LogP) is 23.8. The molecule has 76 heavy (non-hydrogen) atoms.